The Bertz CT molecular complexity index is 793. The van der Waals surface area contributed by atoms with E-state index in [1.54, 1.807) is 12.0 Å². The van der Waals surface area contributed by atoms with E-state index in [0.29, 0.717) is 31.3 Å². The molecule has 1 fully saturated rings. The Morgan fingerprint density at radius 1 is 1.10 bits per heavy atom. The lowest BCUT2D eigenvalue weighted by atomic mass is 10.1. The molecule has 6 nitrogen and oxygen atoms in total. The number of benzene rings is 2. The van der Waals surface area contributed by atoms with Gasteiger partial charge in [-0.05, 0) is 54.4 Å². The molecule has 1 aliphatic rings. The molecule has 0 saturated heterocycles. The van der Waals surface area contributed by atoms with Crippen molar-refractivity contribution in [3.63, 3.8) is 0 Å². The zero-order valence-corrected chi connectivity index (χ0v) is 17.4. The van der Waals surface area contributed by atoms with Gasteiger partial charge in [0.05, 0.1) is 13.5 Å². The number of rotatable bonds is 13. The molecule has 0 spiro atoms. The largest absolute Gasteiger partial charge is 0.497 e. The summed E-state index contributed by atoms with van der Waals surface area (Å²) in [5, 5.41) is 0. The number of hydrogen-bond acceptors (Lipinski definition) is 5. The first-order valence-electron chi connectivity index (χ1n) is 10.4. The van der Waals surface area contributed by atoms with E-state index in [0.717, 1.165) is 31.4 Å². The van der Waals surface area contributed by atoms with Crippen LogP contribution in [0.1, 0.15) is 36.3 Å². The maximum atomic E-state index is 12.0. The number of ether oxygens (including phenoxy) is 1. The maximum Gasteiger partial charge on any atom is 0.342 e. The van der Waals surface area contributed by atoms with Gasteiger partial charge in [0, 0.05) is 13.1 Å². The van der Waals surface area contributed by atoms with Crippen molar-refractivity contribution >= 4 is 12.4 Å². The summed E-state index contributed by atoms with van der Waals surface area (Å²) in [7, 11) is 1.64. The van der Waals surface area contributed by atoms with Gasteiger partial charge < -0.3 is 9.64 Å². The van der Waals surface area contributed by atoms with Gasteiger partial charge in [0.15, 0.2) is 0 Å². The van der Waals surface area contributed by atoms with Gasteiger partial charge in [0.1, 0.15) is 12.4 Å². The maximum absolute atomic E-state index is 12.0. The van der Waals surface area contributed by atoms with Crippen molar-refractivity contribution in [3.8, 4) is 5.75 Å². The SMILES string of the molecule is COc1ccc(C2CC2CC(=O)OOCCN(C=O)CCCc2ccccc2)cc1. The molecule has 0 N–H and O–H groups in total. The quantitative estimate of drug-likeness (QED) is 0.217. The number of methoxy groups -OCH3 is 1. The van der Waals surface area contributed by atoms with E-state index in [1.807, 2.05) is 42.5 Å². The Balaban J connectivity index is 1.26. The molecule has 1 saturated carbocycles. The fourth-order valence-electron chi connectivity index (χ4n) is 3.59. The zero-order valence-electron chi connectivity index (χ0n) is 17.4. The van der Waals surface area contributed by atoms with Crippen LogP contribution in [0.25, 0.3) is 0 Å². The first kappa shape index (κ1) is 21.8. The summed E-state index contributed by atoms with van der Waals surface area (Å²) in [6.07, 6.45) is 3.90. The first-order valence-corrected chi connectivity index (χ1v) is 10.4. The summed E-state index contributed by atoms with van der Waals surface area (Å²) in [6, 6.07) is 18.1. The summed E-state index contributed by atoms with van der Waals surface area (Å²) in [6.45, 7) is 1.20. The monoisotopic (exact) mass is 411 g/mol. The summed E-state index contributed by atoms with van der Waals surface area (Å²) >= 11 is 0. The highest BCUT2D eigenvalue weighted by molar-refractivity contribution is 5.69. The number of nitrogens with zero attached hydrogens (tertiary/aromatic N) is 1. The van der Waals surface area contributed by atoms with Gasteiger partial charge in [-0.25, -0.2) is 4.79 Å². The van der Waals surface area contributed by atoms with Gasteiger partial charge in [-0.2, -0.15) is 4.89 Å². The molecular weight excluding hydrogens is 382 g/mol. The van der Waals surface area contributed by atoms with Crippen LogP contribution in [-0.4, -0.2) is 44.1 Å². The highest BCUT2D eigenvalue weighted by Gasteiger charge is 2.40. The van der Waals surface area contributed by atoms with Gasteiger partial charge in [0.25, 0.3) is 0 Å². The van der Waals surface area contributed by atoms with E-state index in [4.69, 9.17) is 14.5 Å². The lowest BCUT2D eigenvalue weighted by Crippen LogP contribution is -2.28. The summed E-state index contributed by atoms with van der Waals surface area (Å²) in [5.74, 6) is 1.14. The molecule has 2 aromatic carbocycles. The summed E-state index contributed by atoms with van der Waals surface area (Å²) < 4.78 is 5.17. The number of aryl methyl sites for hydroxylation is 1. The topological polar surface area (TPSA) is 65.1 Å². The third kappa shape index (κ3) is 6.88. The predicted octanol–water partition coefficient (Wildman–Crippen LogP) is 3.75. The Hall–Kier alpha value is -2.86. The fourth-order valence-corrected chi connectivity index (χ4v) is 3.59. The molecular formula is C24H29NO5. The highest BCUT2D eigenvalue weighted by Crippen LogP contribution is 2.49. The molecule has 2 unspecified atom stereocenters. The van der Waals surface area contributed by atoms with Gasteiger partial charge in [-0.15, -0.1) is 0 Å². The second kappa shape index (κ2) is 11.4. The molecule has 2 aromatic rings. The smallest absolute Gasteiger partial charge is 0.342 e. The Morgan fingerprint density at radius 3 is 2.57 bits per heavy atom. The Kier molecular flexibility index (Phi) is 8.27. The van der Waals surface area contributed by atoms with Crippen molar-refractivity contribution < 1.29 is 24.1 Å². The van der Waals surface area contributed by atoms with E-state index in [-0.39, 0.29) is 12.6 Å². The molecule has 30 heavy (non-hydrogen) atoms. The molecule has 2 atom stereocenters. The summed E-state index contributed by atoms with van der Waals surface area (Å²) in [4.78, 5) is 34.7. The molecule has 3 rings (SSSR count). The molecule has 1 amide bonds. The van der Waals surface area contributed by atoms with Crippen LogP contribution in [0.3, 0.4) is 0 Å². The molecule has 0 aromatic heterocycles. The second-order valence-corrected chi connectivity index (χ2v) is 7.59. The van der Waals surface area contributed by atoms with E-state index in [1.165, 1.54) is 11.1 Å². The third-order valence-electron chi connectivity index (χ3n) is 5.41. The molecule has 0 radical (unpaired) electrons. The van der Waals surface area contributed by atoms with Gasteiger partial charge in [-0.1, -0.05) is 42.5 Å². The van der Waals surface area contributed by atoms with Crippen LogP contribution in [-0.2, 0) is 25.8 Å². The molecule has 1 aliphatic carbocycles. The van der Waals surface area contributed by atoms with E-state index in [9.17, 15) is 9.59 Å². The number of carbonyl (C=O) groups is 2. The van der Waals surface area contributed by atoms with Crippen LogP contribution in [0, 0.1) is 5.92 Å². The standard InChI is InChI=1S/C24H29NO5/c1-28-22-11-9-20(10-12-22)23-16-21(23)17-24(27)30-29-15-14-25(18-26)13-5-8-19-6-3-2-4-7-19/h2-4,6-7,9-12,18,21,23H,5,8,13-17H2,1H3. The van der Waals surface area contributed by atoms with E-state index >= 15 is 0 Å². The predicted molar refractivity (Wildman–Crippen MR) is 113 cm³/mol. The average Bonchev–Trinajstić information content (AvgIpc) is 3.55. The normalized spacial score (nSPS) is 17.2. The molecule has 0 bridgehead atoms. The van der Waals surface area contributed by atoms with Crippen LogP contribution < -0.4 is 4.74 Å². The van der Waals surface area contributed by atoms with Crippen molar-refractivity contribution in [3.05, 3.63) is 65.7 Å². The molecule has 0 heterocycles. The van der Waals surface area contributed by atoms with Gasteiger partial charge >= 0.3 is 5.97 Å². The average molecular weight is 411 g/mol. The fraction of sp³-hybridized carbons (Fsp3) is 0.417. The number of hydrogen-bond donors (Lipinski definition) is 0. The van der Waals surface area contributed by atoms with E-state index < -0.39 is 0 Å². The van der Waals surface area contributed by atoms with Crippen molar-refractivity contribution in [2.24, 2.45) is 5.92 Å². The Labute approximate surface area is 177 Å². The zero-order chi connectivity index (χ0) is 21.2. The van der Waals surface area contributed by atoms with Gasteiger partial charge in [-0.3, -0.25) is 9.68 Å². The van der Waals surface area contributed by atoms with Crippen LogP contribution in [0.15, 0.2) is 54.6 Å². The second-order valence-electron chi connectivity index (χ2n) is 7.59. The minimum Gasteiger partial charge on any atom is -0.497 e. The van der Waals surface area contributed by atoms with Crippen molar-refractivity contribution in [2.75, 3.05) is 26.8 Å². The van der Waals surface area contributed by atoms with Crippen LogP contribution in [0.5, 0.6) is 5.75 Å². The van der Waals surface area contributed by atoms with E-state index in [2.05, 4.69) is 12.1 Å². The lowest BCUT2D eigenvalue weighted by Gasteiger charge is -2.16. The highest BCUT2D eigenvalue weighted by atomic mass is 17.2. The molecule has 160 valence electrons. The minimum absolute atomic E-state index is 0.169. The van der Waals surface area contributed by atoms with Crippen LogP contribution in [0.2, 0.25) is 0 Å². The van der Waals surface area contributed by atoms with Gasteiger partial charge in [0.2, 0.25) is 6.41 Å². The van der Waals surface area contributed by atoms with Crippen molar-refractivity contribution in [1.29, 1.82) is 0 Å². The third-order valence-corrected chi connectivity index (χ3v) is 5.41. The minimum atomic E-state index is -0.363. The van der Waals surface area contributed by atoms with Crippen LogP contribution in [0.4, 0.5) is 0 Å². The lowest BCUT2D eigenvalue weighted by molar-refractivity contribution is -0.273. The van der Waals surface area contributed by atoms with Crippen molar-refractivity contribution in [2.45, 2.75) is 31.6 Å². The Morgan fingerprint density at radius 2 is 1.87 bits per heavy atom. The molecule has 6 heteroatoms. The van der Waals surface area contributed by atoms with Crippen LogP contribution >= 0.6 is 0 Å². The van der Waals surface area contributed by atoms with Crippen molar-refractivity contribution in [1.82, 2.24) is 4.90 Å². The molecule has 0 aliphatic heterocycles. The first-order chi connectivity index (χ1) is 14.7. The summed E-state index contributed by atoms with van der Waals surface area (Å²) in [5.41, 5.74) is 2.47. The number of carbonyl (C=O) groups excluding carboxylic acids is 2. The number of amides is 1.